The first-order chi connectivity index (χ1) is 12.7. The summed E-state index contributed by atoms with van der Waals surface area (Å²) in [5.74, 6) is 0.671. The number of fused-ring (bicyclic) bond motifs is 1. The normalized spacial score (nSPS) is 16.1. The second kappa shape index (κ2) is 7.64. The largest absolute Gasteiger partial charge is 0.491 e. The van der Waals surface area contributed by atoms with Crippen molar-refractivity contribution in [1.29, 1.82) is 0 Å². The quantitative estimate of drug-likeness (QED) is 0.680. The van der Waals surface area contributed by atoms with Crippen LogP contribution in [0.2, 0.25) is 0 Å². The molecule has 0 saturated carbocycles. The lowest BCUT2D eigenvalue weighted by Crippen LogP contribution is -2.27. The van der Waals surface area contributed by atoms with Crippen molar-refractivity contribution in [2.75, 3.05) is 0 Å². The topological polar surface area (TPSA) is 47.6 Å². The van der Waals surface area contributed by atoms with Gasteiger partial charge in [0.1, 0.15) is 5.75 Å². The summed E-state index contributed by atoms with van der Waals surface area (Å²) in [6.07, 6.45) is 0.0565. The summed E-state index contributed by atoms with van der Waals surface area (Å²) in [6, 6.07) is 11.5. The maximum Gasteiger partial charge on any atom is 0.251 e. The zero-order valence-electron chi connectivity index (χ0n) is 16.4. The number of ether oxygens (including phenoxy) is 2. The Morgan fingerprint density at radius 3 is 2.63 bits per heavy atom. The molecule has 1 amide bonds. The van der Waals surface area contributed by atoms with Crippen molar-refractivity contribution in [2.45, 2.75) is 59.0 Å². The van der Waals surface area contributed by atoms with Gasteiger partial charge >= 0.3 is 0 Å². The van der Waals surface area contributed by atoms with Crippen LogP contribution in [0.5, 0.6) is 5.75 Å². The fraction of sp³-hybridized carbons (Fsp3) is 0.409. The first-order valence-electron chi connectivity index (χ1n) is 9.21. The number of carbonyl (C=O) groups is 1. The molecule has 2 aromatic carbocycles. The van der Waals surface area contributed by atoms with E-state index in [-0.39, 0.29) is 23.7 Å². The van der Waals surface area contributed by atoms with Crippen molar-refractivity contribution in [1.82, 2.24) is 5.32 Å². The molecule has 0 radical (unpaired) electrons. The molecule has 0 aliphatic carbocycles. The van der Waals surface area contributed by atoms with Gasteiger partial charge in [-0.25, -0.2) is 0 Å². The van der Waals surface area contributed by atoms with Crippen LogP contribution in [-0.2, 0) is 16.9 Å². The molecule has 0 unspecified atom stereocenters. The minimum absolute atomic E-state index is 0.0565. The van der Waals surface area contributed by atoms with Gasteiger partial charge in [-0.3, -0.25) is 4.79 Å². The van der Waals surface area contributed by atoms with Gasteiger partial charge in [0.05, 0.1) is 24.4 Å². The van der Waals surface area contributed by atoms with Crippen molar-refractivity contribution >= 4 is 21.8 Å². The van der Waals surface area contributed by atoms with Crippen LogP contribution in [0.15, 0.2) is 40.9 Å². The SMILES string of the molecule is CC(C)Oc1cc(Br)ccc1[C@H](C)NC(=O)c1ccc2c(c1)COC2(C)C. The molecule has 1 N–H and O–H groups in total. The molecular formula is C22H26BrNO3. The molecule has 27 heavy (non-hydrogen) atoms. The summed E-state index contributed by atoms with van der Waals surface area (Å²) < 4.78 is 12.7. The van der Waals surface area contributed by atoms with Gasteiger partial charge in [-0.05, 0) is 70.0 Å². The summed E-state index contributed by atoms with van der Waals surface area (Å²) >= 11 is 3.48. The number of benzene rings is 2. The molecule has 0 bridgehead atoms. The standard InChI is InChI=1S/C22H26BrNO3/c1-13(2)27-20-11-17(23)7-8-18(20)14(3)24-21(25)15-6-9-19-16(10-15)12-26-22(19,4)5/h6-11,13-14H,12H2,1-5H3,(H,24,25)/t14-/m0/s1. The molecule has 144 valence electrons. The fourth-order valence-electron chi connectivity index (χ4n) is 3.36. The summed E-state index contributed by atoms with van der Waals surface area (Å²) in [4.78, 5) is 12.8. The van der Waals surface area contributed by atoms with E-state index in [9.17, 15) is 4.79 Å². The van der Waals surface area contributed by atoms with E-state index in [1.54, 1.807) is 0 Å². The highest BCUT2D eigenvalue weighted by atomic mass is 79.9. The molecule has 1 atom stereocenters. The van der Waals surface area contributed by atoms with Gasteiger partial charge in [0, 0.05) is 15.6 Å². The number of halogens is 1. The first-order valence-corrected chi connectivity index (χ1v) is 10.0. The lowest BCUT2D eigenvalue weighted by atomic mass is 9.94. The van der Waals surface area contributed by atoms with Crippen LogP contribution in [0.4, 0.5) is 0 Å². The van der Waals surface area contributed by atoms with E-state index in [1.165, 1.54) is 0 Å². The molecule has 3 rings (SSSR count). The Labute approximate surface area is 169 Å². The maximum absolute atomic E-state index is 12.8. The van der Waals surface area contributed by atoms with Gasteiger partial charge in [0.15, 0.2) is 0 Å². The molecule has 0 aromatic heterocycles. The van der Waals surface area contributed by atoms with Crippen molar-refractivity contribution in [3.63, 3.8) is 0 Å². The van der Waals surface area contributed by atoms with Crippen LogP contribution in [0.1, 0.15) is 67.7 Å². The van der Waals surface area contributed by atoms with E-state index in [0.717, 1.165) is 26.9 Å². The van der Waals surface area contributed by atoms with Gasteiger partial charge in [-0.2, -0.15) is 0 Å². The lowest BCUT2D eigenvalue weighted by molar-refractivity contribution is -0.00789. The number of rotatable bonds is 5. The summed E-state index contributed by atoms with van der Waals surface area (Å²) in [6.45, 7) is 10.6. The van der Waals surface area contributed by atoms with Crippen LogP contribution in [0, 0.1) is 0 Å². The summed E-state index contributed by atoms with van der Waals surface area (Å²) in [5, 5.41) is 3.08. The van der Waals surface area contributed by atoms with Gasteiger partial charge < -0.3 is 14.8 Å². The molecule has 4 nitrogen and oxygen atoms in total. The Hall–Kier alpha value is -1.85. The predicted octanol–water partition coefficient (Wildman–Crippen LogP) is 5.49. The maximum atomic E-state index is 12.8. The van der Waals surface area contributed by atoms with E-state index in [4.69, 9.17) is 9.47 Å². The summed E-state index contributed by atoms with van der Waals surface area (Å²) in [7, 11) is 0. The fourth-order valence-corrected chi connectivity index (χ4v) is 3.70. The molecule has 1 aliphatic heterocycles. The highest BCUT2D eigenvalue weighted by Gasteiger charge is 2.31. The number of hydrogen-bond acceptors (Lipinski definition) is 3. The second-order valence-electron chi connectivity index (χ2n) is 7.71. The van der Waals surface area contributed by atoms with Crippen LogP contribution in [0.3, 0.4) is 0 Å². The molecule has 5 heteroatoms. The molecule has 2 aromatic rings. The van der Waals surface area contributed by atoms with E-state index < -0.39 is 0 Å². The third-order valence-corrected chi connectivity index (χ3v) is 5.25. The Balaban J connectivity index is 1.79. The van der Waals surface area contributed by atoms with Crippen LogP contribution in [0.25, 0.3) is 0 Å². The average Bonchev–Trinajstić information content (AvgIpc) is 2.89. The molecule has 0 saturated heterocycles. The molecule has 1 aliphatic rings. The zero-order valence-corrected chi connectivity index (χ0v) is 18.0. The van der Waals surface area contributed by atoms with Crippen LogP contribution >= 0.6 is 15.9 Å². The van der Waals surface area contributed by atoms with Crippen LogP contribution in [-0.4, -0.2) is 12.0 Å². The number of carbonyl (C=O) groups excluding carboxylic acids is 1. The molecule has 0 spiro atoms. The Kier molecular flexibility index (Phi) is 5.63. The van der Waals surface area contributed by atoms with Gasteiger partial charge in [-0.15, -0.1) is 0 Å². The summed E-state index contributed by atoms with van der Waals surface area (Å²) in [5.41, 5.74) is 3.52. The Bertz CT molecular complexity index is 861. The van der Waals surface area contributed by atoms with E-state index in [0.29, 0.717) is 12.2 Å². The van der Waals surface area contributed by atoms with Gasteiger partial charge in [0.2, 0.25) is 0 Å². The Morgan fingerprint density at radius 2 is 1.93 bits per heavy atom. The molecule has 0 fully saturated rings. The van der Waals surface area contributed by atoms with Crippen LogP contribution < -0.4 is 10.1 Å². The van der Waals surface area contributed by atoms with Crippen molar-refractivity contribution in [3.05, 3.63) is 63.1 Å². The Morgan fingerprint density at radius 1 is 1.19 bits per heavy atom. The number of amides is 1. The monoisotopic (exact) mass is 431 g/mol. The molecule has 1 heterocycles. The number of nitrogens with one attached hydrogen (secondary N) is 1. The van der Waals surface area contributed by atoms with Gasteiger partial charge in [-0.1, -0.05) is 28.1 Å². The molecular weight excluding hydrogens is 406 g/mol. The van der Waals surface area contributed by atoms with Crippen molar-refractivity contribution in [3.8, 4) is 5.75 Å². The highest BCUT2D eigenvalue weighted by Crippen LogP contribution is 2.36. The van der Waals surface area contributed by atoms with Crippen molar-refractivity contribution < 1.29 is 14.3 Å². The van der Waals surface area contributed by atoms with Gasteiger partial charge in [0.25, 0.3) is 5.91 Å². The highest BCUT2D eigenvalue weighted by molar-refractivity contribution is 9.10. The minimum Gasteiger partial charge on any atom is -0.491 e. The zero-order chi connectivity index (χ0) is 19.8. The lowest BCUT2D eigenvalue weighted by Gasteiger charge is -2.21. The average molecular weight is 432 g/mol. The van der Waals surface area contributed by atoms with E-state index >= 15 is 0 Å². The predicted molar refractivity (Wildman–Crippen MR) is 110 cm³/mol. The third-order valence-electron chi connectivity index (χ3n) is 4.76. The smallest absolute Gasteiger partial charge is 0.251 e. The minimum atomic E-state index is -0.294. The van der Waals surface area contributed by atoms with E-state index in [1.807, 2.05) is 71.0 Å². The van der Waals surface area contributed by atoms with Crippen molar-refractivity contribution in [2.24, 2.45) is 0 Å². The number of hydrogen-bond donors (Lipinski definition) is 1. The second-order valence-corrected chi connectivity index (χ2v) is 8.63. The van der Waals surface area contributed by atoms with E-state index in [2.05, 4.69) is 21.2 Å². The third kappa shape index (κ3) is 4.36. The first kappa shape index (κ1) is 19.9.